The van der Waals surface area contributed by atoms with Gasteiger partial charge in [-0.3, -0.25) is 4.79 Å². The van der Waals surface area contributed by atoms with Crippen LogP contribution in [-0.4, -0.2) is 5.78 Å². The quantitative estimate of drug-likeness (QED) is 0.689. The van der Waals surface area contributed by atoms with E-state index in [1.54, 1.807) is 0 Å². The summed E-state index contributed by atoms with van der Waals surface area (Å²) in [6.45, 7) is 6.11. The van der Waals surface area contributed by atoms with Gasteiger partial charge in [0.25, 0.3) is 0 Å². The summed E-state index contributed by atoms with van der Waals surface area (Å²) in [5, 5.41) is 0. The lowest BCUT2D eigenvalue weighted by Gasteiger charge is -2.23. The summed E-state index contributed by atoms with van der Waals surface area (Å²) in [4.78, 5) is 11.8. The van der Waals surface area contributed by atoms with Gasteiger partial charge in [-0.2, -0.15) is 0 Å². The van der Waals surface area contributed by atoms with E-state index in [0.29, 0.717) is 5.78 Å². The average Bonchev–Trinajstić information content (AvgIpc) is 2.73. The molecule has 0 N–H and O–H groups in total. The molecular formula is C14H24O. The zero-order chi connectivity index (χ0) is 11.1. The third kappa shape index (κ3) is 2.43. The van der Waals surface area contributed by atoms with E-state index in [2.05, 4.69) is 0 Å². The van der Waals surface area contributed by atoms with Crippen LogP contribution in [0.15, 0.2) is 0 Å². The second-order valence-corrected chi connectivity index (χ2v) is 6.65. The van der Waals surface area contributed by atoms with Gasteiger partial charge in [-0.1, -0.05) is 27.2 Å². The van der Waals surface area contributed by atoms with Crippen LogP contribution < -0.4 is 0 Å². The fourth-order valence-electron chi connectivity index (χ4n) is 3.42. The molecular weight excluding hydrogens is 184 g/mol. The van der Waals surface area contributed by atoms with Gasteiger partial charge in [0.1, 0.15) is 5.78 Å². The minimum Gasteiger partial charge on any atom is -0.299 e. The van der Waals surface area contributed by atoms with Crippen molar-refractivity contribution < 1.29 is 4.79 Å². The number of ketones is 1. The number of hydrogen-bond acceptors (Lipinski definition) is 1. The molecule has 1 nitrogen and oxygen atoms in total. The third-order valence-electron chi connectivity index (χ3n) is 4.46. The molecule has 3 unspecified atom stereocenters. The predicted octanol–water partition coefficient (Wildman–Crippen LogP) is 3.82. The van der Waals surface area contributed by atoms with E-state index in [1.165, 1.54) is 25.7 Å². The molecule has 2 bridgehead atoms. The van der Waals surface area contributed by atoms with Crippen molar-refractivity contribution in [3.63, 3.8) is 0 Å². The number of carbonyl (C=O) groups excluding carboxylic acids is 1. The number of fused-ring (bicyclic) bond motifs is 2. The molecule has 0 saturated heterocycles. The van der Waals surface area contributed by atoms with Crippen LogP contribution in [0.25, 0.3) is 0 Å². The van der Waals surface area contributed by atoms with Crippen molar-refractivity contribution in [3.05, 3.63) is 0 Å². The lowest BCUT2D eigenvalue weighted by atomic mass is 9.81. The van der Waals surface area contributed by atoms with Crippen LogP contribution in [0.2, 0.25) is 0 Å². The second kappa shape index (κ2) is 3.92. The Labute approximate surface area is 93.6 Å². The van der Waals surface area contributed by atoms with Crippen molar-refractivity contribution in [2.24, 2.45) is 23.2 Å². The van der Waals surface area contributed by atoms with Gasteiger partial charge in [0.2, 0.25) is 0 Å². The highest BCUT2D eigenvalue weighted by atomic mass is 16.1. The van der Waals surface area contributed by atoms with Crippen molar-refractivity contribution in [2.75, 3.05) is 0 Å². The molecule has 15 heavy (non-hydrogen) atoms. The van der Waals surface area contributed by atoms with Gasteiger partial charge in [-0.25, -0.2) is 0 Å². The van der Waals surface area contributed by atoms with Crippen LogP contribution in [0.5, 0.6) is 0 Å². The first-order valence-corrected chi connectivity index (χ1v) is 6.50. The highest BCUT2D eigenvalue weighted by Crippen LogP contribution is 2.50. The molecule has 0 spiro atoms. The molecule has 0 aliphatic heterocycles. The van der Waals surface area contributed by atoms with Crippen LogP contribution in [0.3, 0.4) is 0 Å². The minimum atomic E-state index is -0.127. The maximum atomic E-state index is 11.8. The number of hydrogen-bond donors (Lipinski definition) is 0. The van der Waals surface area contributed by atoms with E-state index in [0.717, 1.165) is 30.6 Å². The average molecular weight is 208 g/mol. The zero-order valence-corrected chi connectivity index (χ0v) is 10.4. The molecule has 3 atom stereocenters. The summed E-state index contributed by atoms with van der Waals surface area (Å²) in [6.07, 6.45) is 7.78. The summed E-state index contributed by atoms with van der Waals surface area (Å²) >= 11 is 0. The molecule has 1 heteroatoms. The van der Waals surface area contributed by atoms with Crippen LogP contribution in [0.1, 0.15) is 59.3 Å². The van der Waals surface area contributed by atoms with Gasteiger partial charge in [-0.15, -0.1) is 0 Å². The molecule has 0 radical (unpaired) electrons. The Morgan fingerprint density at radius 2 is 1.93 bits per heavy atom. The minimum absolute atomic E-state index is 0.127. The summed E-state index contributed by atoms with van der Waals surface area (Å²) in [6, 6.07) is 0. The Balaban J connectivity index is 1.77. The maximum absolute atomic E-state index is 11.8. The smallest absolute Gasteiger partial charge is 0.138 e. The topological polar surface area (TPSA) is 17.1 Å². The lowest BCUT2D eigenvalue weighted by molar-refractivity contribution is -0.126. The van der Waals surface area contributed by atoms with Gasteiger partial charge >= 0.3 is 0 Å². The number of carbonyl (C=O) groups is 1. The van der Waals surface area contributed by atoms with Gasteiger partial charge in [0, 0.05) is 11.8 Å². The monoisotopic (exact) mass is 208 g/mol. The molecule has 0 heterocycles. The fourth-order valence-corrected chi connectivity index (χ4v) is 3.42. The normalized spacial score (nSPS) is 34.7. The largest absolute Gasteiger partial charge is 0.299 e. The molecule has 2 fully saturated rings. The van der Waals surface area contributed by atoms with Crippen molar-refractivity contribution in [2.45, 2.75) is 59.3 Å². The Hall–Kier alpha value is -0.330. The van der Waals surface area contributed by atoms with Crippen LogP contribution in [-0.2, 0) is 4.79 Å². The highest BCUT2D eigenvalue weighted by Gasteiger charge is 2.39. The van der Waals surface area contributed by atoms with E-state index in [1.807, 2.05) is 20.8 Å². The van der Waals surface area contributed by atoms with Gasteiger partial charge in [-0.05, 0) is 43.4 Å². The number of rotatable bonds is 3. The van der Waals surface area contributed by atoms with Gasteiger partial charge in [0.15, 0.2) is 0 Å². The fraction of sp³-hybridized carbons (Fsp3) is 0.929. The van der Waals surface area contributed by atoms with E-state index < -0.39 is 0 Å². The Bertz CT molecular complexity index is 249. The van der Waals surface area contributed by atoms with Crippen LogP contribution >= 0.6 is 0 Å². The SMILES string of the molecule is CC(C)(C)C(=O)CCC1CC2CCC1C2. The summed E-state index contributed by atoms with van der Waals surface area (Å²) in [7, 11) is 0. The lowest BCUT2D eigenvalue weighted by Crippen LogP contribution is -2.21. The zero-order valence-electron chi connectivity index (χ0n) is 10.4. The Morgan fingerprint density at radius 3 is 2.40 bits per heavy atom. The van der Waals surface area contributed by atoms with Gasteiger partial charge < -0.3 is 0 Å². The molecule has 2 rings (SSSR count). The number of Topliss-reactive ketones (excluding diaryl/α,β-unsaturated/α-hetero) is 1. The molecule has 0 aromatic rings. The predicted molar refractivity (Wildman–Crippen MR) is 62.6 cm³/mol. The first-order chi connectivity index (χ1) is 6.97. The molecule has 2 aliphatic rings. The van der Waals surface area contributed by atoms with Crippen molar-refractivity contribution in [1.29, 1.82) is 0 Å². The van der Waals surface area contributed by atoms with Crippen LogP contribution in [0.4, 0.5) is 0 Å². The highest BCUT2D eigenvalue weighted by molar-refractivity contribution is 5.83. The molecule has 0 aromatic heterocycles. The Morgan fingerprint density at radius 1 is 1.20 bits per heavy atom. The van der Waals surface area contributed by atoms with Gasteiger partial charge in [0.05, 0.1) is 0 Å². The Kier molecular flexibility index (Phi) is 2.92. The van der Waals surface area contributed by atoms with Crippen LogP contribution in [0, 0.1) is 23.2 Å². The van der Waals surface area contributed by atoms with Crippen molar-refractivity contribution in [1.82, 2.24) is 0 Å². The summed E-state index contributed by atoms with van der Waals surface area (Å²) < 4.78 is 0. The van der Waals surface area contributed by atoms with E-state index in [4.69, 9.17) is 0 Å². The molecule has 0 aromatic carbocycles. The van der Waals surface area contributed by atoms with E-state index in [9.17, 15) is 4.79 Å². The standard InChI is InChI=1S/C14H24O/c1-14(2,3)13(15)7-6-12-9-10-4-5-11(12)8-10/h10-12H,4-9H2,1-3H3. The second-order valence-electron chi connectivity index (χ2n) is 6.65. The molecule has 86 valence electrons. The maximum Gasteiger partial charge on any atom is 0.138 e. The third-order valence-corrected chi connectivity index (χ3v) is 4.46. The van der Waals surface area contributed by atoms with E-state index >= 15 is 0 Å². The summed E-state index contributed by atoms with van der Waals surface area (Å²) in [5.74, 6) is 3.33. The first-order valence-electron chi connectivity index (χ1n) is 6.50. The summed E-state index contributed by atoms with van der Waals surface area (Å²) in [5.41, 5.74) is -0.127. The molecule has 2 saturated carbocycles. The molecule has 2 aliphatic carbocycles. The van der Waals surface area contributed by atoms with E-state index in [-0.39, 0.29) is 5.41 Å². The molecule has 0 amide bonds. The van der Waals surface area contributed by atoms with Crippen molar-refractivity contribution >= 4 is 5.78 Å². The van der Waals surface area contributed by atoms with Crippen molar-refractivity contribution in [3.8, 4) is 0 Å². The first kappa shape index (κ1) is 11.2.